The van der Waals surface area contributed by atoms with Crippen molar-refractivity contribution >= 4 is 52.2 Å². The zero-order valence-electron chi connectivity index (χ0n) is 10.8. The summed E-state index contributed by atoms with van der Waals surface area (Å²) in [6.45, 7) is 0. The molecule has 2 N–H and O–H groups in total. The number of halogens is 1. The molecular formula is C14H11BBrN3O. The van der Waals surface area contributed by atoms with Crippen LogP contribution < -0.4 is 5.46 Å². The van der Waals surface area contributed by atoms with E-state index in [0.29, 0.717) is 10.0 Å². The largest absolute Gasteiger partial charge is 0.506 e. The average Bonchev–Trinajstić information content (AvgIpc) is 2.88. The molecule has 1 heterocycles. The van der Waals surface area contributed by atoms with Crippen molar-refractivity contribution in [1.82, 2.24) is 9.97 Å². The Bertz CT molecular complexity index is 813. The van der Waals surface area contributed by atoms with Gasteiger partial charge in [-0.2, -0.15) is 0 Å². The maximum atomic E-state index is 9.98. The Balaban J connectivity index is 1.97. The summed E-state index contributed by atoms with van der Waals surface area (Å²) in [7, 11) is 1.97. The molecule has 0 aliphatic heterocycles. The highest BCUT2D eigenvalue weighted by atomic mass is 79.9. The van der Waals surface area contributed by atoms with E-state index in [1.807, 2.05) is 38.2 Å². The second-order valence-corrected chi connectivity index (χ2v) is 5.40. The highest BCUT2D eigenvalue weighted by molar-refractivity contribution is 9.10. The Morgan fingerprint density at radius 3 is 3.00 bits per heavy atom. The predicted octanol–water partition coefficient (Wildman–Crippen LogP) is 2.04. The van der Waals surface area contributed by atoms with Crippen LogP contribution >= 0.6 is 15.9 Å². The SMILES string of the molecule is Bc1cc(Br)c(O)c(/C=N/c2ccc3[nH]cnc3c2)c1. The van der Waals surface area contributed by atoms with Gasteiger partial charge >= 0.3 is 0 Å². The normalized spacial score (nSPS) is 11.4. The standard InChI is InChI=1S/C14H11BBrN3O/c15-9-3-8(14(20)11(16)4-9)6-17-10-1-2-12-13(5-10)19-7-18-12/h1-7,20H,15H2,(H,18,19)/b17-6+. The third-order valence-corrected chi connectivity index (χ3v) is 3.60. The van der Waals surface area contributed by atoms with Crippen LogP contribution in [0.3, 0.4) is 0 Å². The Hall–Kier alpha value is -2.08. The zero-order chi connectivity index (χ0) is 14.1. The minimum atomic E-state index is 0.195. The van der Waals surface area contributed by atoms with Gasteiger partial charge in [0.1, 0.15) is 13.6 Å². The van der Waals surface area contributed by atoms with Crippen LogP contribution in [0.2, 0.25) is 0 Å². The lowest BCUT2D eigenvalue weighted by atomic mass is 9.94. The highest BCUT2D eigenvalue weighted by Gasteiger charge is 2.04. The summed E-state index contributed by atoms with van der Waals surface area (Å²) >= 11 is 3.32. The molecule has 1 aromatic heterocycles. The fourth-order valence-corrected chi connectivity index (χ4v) is 2.59. The Kier molecular flexibility index (Phi) is 3.32. The first-order valence-electron chi connectivity index (χ1n) is 6.10. The van der Waals surface area contributed by atoms with Gasteiger partial charge in [0, 0.05) is 11.8 Å². The van der Waals surface area contributed by atoms with Gasteiger partial charge in [-0.05, 0) is 34.1 Å². The van der Waals surface area contributed by atoms with Crippen molar-refractivity contribution < 1.29 is 5.11 Å². The van der Waals surface area contributed by atoms with E-state index in [-0.39, 0.29) is 5.75 Å². The van der Waals surface area contributed by atoms with Crippen molar-refractivity contribution in [2.24, 2.45) is 4.99 Å². The molecule has 0 amide bonds. The van der Waals surface area contributed by atoms with Gasteiger partial charge in [-0.25, -0.2) is 4.98 Å². The third-order valence-electron chi connectivity index (χ3n) is 2.99. The second kappa shape index (κ2) is 5.13. The molecule has 0 aliphatic rings. The molecule has 2 aromatic carbocycles. The summed E-state index contributed by atoms with van der Waals surface area (Å²) < 4.78 is 0.668. The number of aromatic hydroxyl groups is 1. The molecule has 20 heavy (non-hydrogen) atoms. The molecule has 3 rings (SSSR count). The molecule has 0 fully saturated rings. The van der Waals surface area contributed by atoms with E-state index in [4.69, 9.17) is 0 Å². The molecule has 0 radical (unpaired) electrons. The fourth-order valence-electron chi connectivity index (χ4n) is 2.00. The number of imidazole rings is 1. The summed E-state index contributed by atoms with van der Waals surface area (Å²) in [5.41, 5.74) is 4.37. The lowest BCUT2D eigenvalue weighted by Gasteiger charge is -2.03. The quantitative estimate of drug-likeness (QED) is 0.559. The molecule has 0 saturated heterocycles. The van der Waals surface area contributed by atoms with Crippen molar-refractivity contribution in [3.8, 4) is 5.75 Å². The molecular weight excluding hydrogens is 317 g/mol. The van der Waals surface area contributed by atoms with E-state index in [2.05, 4.69) is 30.9 Å². The number of H-pyrrole nitrogens is 1. The minimum Gasteiger partial charge on any atom is -0.506 e. The lowest BCUT2D eigenvalue weighted by molar-refractivity contribution is 0.471. The minimum absolute atomic E-state index is 0.195. The maximum absolute atomic E-state index is 9.98. The van der Waals surface area contributed by atoms with E-state index in [1.165, 1.54) is 0 Å². The number of aromatic nitrogens is 2. The van der Waals surface area contributed by atoms with Crippen LogP contribution in [0.5, 0.6) is 5.75 Å². The van der Waals surface area contributed by atoms with Gasteiger partial charge in [0.05, 0.1) is 27.5 Å². The number of rotatable bonds is 2. The van der Waals surface area contributed by atoms with Gasteiger partial charge in [-0.15, -0.1) is 0 Å². The topological polar surface area (TPSA) is 61.3 Å². The molecule has 0 atom stereocenters. The maximum Gasteiger partial charge on any atom is 0.139 e. The Morgan fingerprint density at radius 1 is 1.30 bits per heavy atom. The number of benzene rings is 2. The number of nitrogens with zero attached hydrogens (tertiary/aromatic N) is 2. The third kappa shape index (κ3) is 2.47. The highest BCUT2D eigenvalue weighted by Crippen LogP contribution is 2.26. The fraction of sp³-hybridized carbons (Fsp3) is 0. The molecule has 0 unspecified atom stereocenters. The number of fused-ring (bicyclic) bond motifs is 1. The van der Waals surface area contributed by atoms with E-state index in [9.17, 15) is 5.11 Å². The van der Waals surface area contributed by atoms with E-state index in [1.54, 1.807) is 12.5 Å². The van der Waals surface area contributed by atoms with Crippen molar-refractivity contribution in [2.75, 3.05) is 0 Å². The number of phenolic OH excluding ortho intramolecular Hbond substituents is 1. The van der Waals surface area contributed by atoms with Crippen LogP contribution in [-0.4, -0.2) is 29.1 Å². The first kappa shape index (κ1) is 12.9. The smallest absolute Gasteiger partial charge is 0.139 e. The molecule has 6 heteroatoms. The summed E-state index contributed by atoms with van der Waals surface area (Å²) in [6.07, 6.45) is 3.31. The summed E-state index contributed by atoms with van der Waals surface area (Å²) in [5, 5.41) is 9.98. The van der Waals surface area contributed by atoms with Gasteiger partial charge in [-0.1, -0.05) is 17.6 Å². The predicted molar refractivity (Wildman–Crippen MR) is 87.3 cm³/mol. The van der Waals surface area contributed by atoms with Crippen LogP contribution in [0.15, 0.2) is 46.1 Å². The van der Waals surface area contributed by atoms with Crippen LogP contribution in [0.1, 0.15) is 5.56 Å². The van der Waals surface area contributed by atoms with Crippen molar-refractivity contribution in [1.29, 1.82) is 0 Å². The van der Waals surface area contributed by atoms with Gasteiger partial charge in [0.2, 0.25) is 0 Å². The average molecular weight is 328 g/mol. The van der Waals surface area contributed by atoms with Crippen LogP contribution in [0, 0.1) is 0 Å². The Morgan fingerprint density at radius 2 is 2.15 bits per heavy atom. The van der Waals surface area contributed by atoms with E-state index in [0.717, 1.165) is 22.2 Å². The van der Waals surface area contributed by atoms with E-state index >= 15 is 0 Å². The number of hydrogen-bond donors (Lipinski definition) is 2. The summed E-state index contributed by atoms with van der Waals surface area (Å²) in [4.78, 5) is 11.6. The first-order chi connectivity index (χ1) is 9.63. The molecule has 0 bridgehead atoms. The molecule has 0 saturated carbocycles. The zero-order valence-corrected chi connectivity index (χ0v) is 12.3. The number of hydrogen-bond acceptors (Lipinski definition) is 3. The summed E-state index contributed by atoms with van der Waals surface area (Å²) in [6, 6.07) is 9.48. The number of nitrogens with one attached hydrogen (secondary N) is 1. The van der Waals surface area contributed by atoms with Crippen LogP contribution in [0.4, 0.5) is 5.69 Å². The van der Waals surface area contributed by atoms with Gasteiger partial charge < -0.3 is 10.1 Å². The van der Waals surface area contributed by atoms with Crippen molar-refractivity contribution in [2.45, 2.75) is 0 Å². The van der Waals surface area contributed by atoms with Crippen LogP contribution in [0.25, 0.3) is 11.0 Å². The summed E-state index contributed by atoms with van der Waals surface area (Å²) in [5.74, 6) is 0.195. The molecule has 98 valence electrons. The molecule has 0 spiro atoms. The molecule has 4 nitrogen and oxygen atoms in total. The van der Waals surface area contributed by atoms with Crippen molar-refractivity contribution in [3.05, 3.63) is 46.7 Å². The molecule has 0 aliphatic carbocycles. The van der Waals surface area contributed by atoms with Crippen molar-refractivity contribution in [3.63, 3.8) is 0 Å². The van der Waals surface area contributed by atoms with Gasteiger partial charge in [-0.3, -0.25) is 4.99 Å². The Labute approximate surface area is 125 Å². The van der Waals surface area contributed by atoms with E-state index < -0.39 is 0 Å². The number of aromatic amines is 1. The lowest BCUT2D eigenvalue weighted by Crippen LogP contribution is -2.03. The van der Waals surface area contributed by atoms with Gasteiger partial charge in [0.15, 0.2) is 0 Å². The molecule has 3 aromatic rings. The van der Waals surface area contributed by atoms with Gasteiger partial charge in [0.25, 0.3) is 0 Å². The van der Waals surface area contributed by atoms with Crippen LogP contribution in [-0.2, 0) is 0 Å². The second-order valence-electron chi connectivity index (χ2n) is 4.55. The number of aliphatic imine (C=N–C) groups is 1. The monoisotopic (exact) mass is 327 g/mol. The first-order valence-corrected chi connectivity index (χ1v) is 6.89. The number of phenols is 1.